The molecule has 0 aliphatic rings. The summed E-state index contributed by atoms with van der Waals surface area (Å²) in [5.74, 6) is 0.812. The minimum absolute atomic E-state index is 0.259. The van der Waals surface area contributed by atoms with E-state index in [0.29, 0.717) is 23.7 Å². The van der Waals surface area contributed by atoms with E-state index in [4.69, 9.17) is 4.74 Å². The second kappa shape index (κ2) is 11.3. The van der Waals surface area contributed by atoms with E-state index in [-0.39, 0.29) is 11.8 Å². The molecule has 0 heterocycles. The zero-order valence-electron chi connectivity index (χ0n) is 19.7. The Balaban J connectivity index is 1.80. The molecule has 3 rings (SSSR count). The highest BCUT2D eigenvalue weighted by molar-refractivity contribution is 5.97. The predicted molar refractivity (Wildman–Crippen MR) is 131 cm³/mol. The summed E-state index contributed by atoms with van der Waals surface area (Å²) >= 11 is 0. The van der Waals surface area contributed by atoms with Gasteiger partial charge in [0.15, 0.2) is 0 Å². The molecule has 0 aromatic heterocycles. The quantitative estimate of drug-likeness (QED) is 0.423. The number of hydrogen-bond acceptors (Lipinski definition) is 3. The van der Waals surface area contributed by atoms with Crippen molar-refractivity contribution in [3.05, 3.63) is 101 Å². The molecule has 2 N–H and O–H groups in total. The minimum atomic E-state index is -0.698. The molecule has 0 fully saturated rings. The number of ether oxygens (including phenoxy) is 1. The molecule has 172 valence electrons. The highest BCUT2D eigenvalue weighted by atomic mass is 16.5. The zero-order chi connectivity index (χ0) is 23.8. The van der Waals surface area contributed by atoms with Crippen LogP contribution in [0, 0.1) is 19.8 Å². The molecule has 5 heteroatoms. The molecule has 0 unspecified atom stereocenters. The van der Waals surface area contributed by atoms with E-state index >= 15 is 0 Å². The first kappa shape index (κ1) is 24.1. The van der Waals surface area contributed by atoms with Crippen LogP contribution in [0.25, 0.3) is 0 Å². The van der Waals surface area contributed by atoms with Gasteiger partial charge in [0.1, 0.15) is 11.9 Å². The van der Waals surface area contributed by atoms with Gasteiger partial charge < -0.3 is 15.4 Å². The molecular weight excluding hydrogens is 412 g/mol. The lowest BCUT2D eigenvalue weighted by atomic mass is 10.1. The standard InChI is InChI=1S/C28H32N2O3/c1-19(2)15-16-33-25-13-11-22(12-14-25)26(29-27(31)23-9-5-7-20(3)17-23)30-28(32)24-10-6-8-21(4)18-24/h5-14,17-19,26H,15-16H2,1-4H3,(H,29,31)(H,30,32). The number of carbonyl (C=O) groups is 2. The van der Waals surface area contributed by atoms with Crippen LogP contribution in [0.1, 0.15) is 63.8 Å². The summed E-state index contributed by atoms with van der Waals surface area (Å²) in [6, 6.07) is 22.2. The first-order valence-electron chi connectivity index (χ1n) is 11.3. The van der Waals surface area contributed by atoms with Gasteiger partial charge in [-0.1, -0.05) is 61.4 Å². The number of nitrogens with one attached hydrogen (secondary N) is 2. The van der Waals surface area contributed by atoms with Gasteiger partial charge in [0, 0.05) is 11.1 Å². The van der Waals surface area contributed by atoms with E-state index < -0.39 is 6.17 Å². The molecule has 33 heavy (non-hydrogen) atoms. The number of rotatable bonds is 9. The Morgan fingerprint density at radius 3 is 1.76 bits per heavy atom. The van der Waals surface area contributed by atoms with Gasteiger partial charge in [-0.2, -0.15) is 0 Å². The molecule has 0 atom stereocenters. The van der Waals surface area contributed by atoms with Crippen LogP contribution in [0.2, 0.25) is 0 Å². The van der Waals surface area contributed by atoms with Crippen molar-refractivity contribution in [3.63, 3.8) is 0 Å². The van der Waals surface area contributed by atoms with Crippen molar-refractivity contribution < 1.29 is 14.3 Å². The van der Waals surface area contributed by atoms with Crippen LogP contribution in [0.5, 0.6) is 5.75 Å². The number of carbonyl (C=O) groups excluding carboxylic acids is 2. The fourth-order valence-corrected chi connectivity index (χ4v) is 3.37. The highest BCUT2D eigenvalue weighted by Gasteiger charge is 2.19. The molecule has 3 aromatic carbocycles. The van der Waals surface area contributed by atoms with Gasteiger partial charge >= 0.3 is 0 Å². The minimum Gasteiger partial charge on any atom is -0.494 e. The summed E-state index contributed by atoms with van der Waals surface area (Å²) in [5, 5.41) is 5.92. The van der Waals surface area contributed by atoms with Crippen molar-refractivity contribution in [3.8, 4) is 5.75 Å². The van der Waals surface area contributed by atoms with Gasteiger partial charge in [0.2, 0.25) is 0 Å². The lowest BCUT2D eigenvalue weighted by Gasteiger charge is -2.21. The summed E-state index contributed by atoms with van der Waals surface area (Å²) in [6.07, 6.45) is 0.277. The maximum Gasteiger partial charge on any atom is 0.253 e. The Kier molecular flexibility index (Phi) is 8.25. The monoisotopic (exact) mass is 444 g/mol. The van der Waals surface area contributed by atoms with Crippen LogP contribution in [-0.2, 0) is 0 Å². The van der Waals surface area contributed by atoms with Crippen molar-refractivity contribution in [1.82, 2.24) is 10.6 Å². The highest BCUT2D eigenvalue weighted by Crippen LogP contribution is 2.19. The largest absolute Gasteiger partial charge is 0.494 e. The van der Waals surface area contributed by atoms with Crippen molar-refractivity contribution in [2.24, 2.45) is 5.92 Å². The number of aryl methyl sites for hydroxylation is 2. The van der Waals surface area contributed by atoms with Gasteiger partial charge in [-0.15, -0.1) is 0 Å². The van der Waals surface area contributed by atoms with E-state index in [0.717, 1.165) is 28.9 Å². The first-order valence-corrected chi connectivity index (χ1v) is 11.3. The molecule has 0 aliphatic heterocycles. The Morgan fingerprint density at radius 1 is 0.788 bits per heavy atom. The van der Waals surface area contributed by atoms with Gasteiger partial charge in [-0.05, 0) is 68.1 Å². The van der Waals surface area contributed by atoms with Gasteiger partial charge in [-0.25, -0.2) is 0 Å². The van der Waals surface area contributed by atoms with Crippen LogP contribution in [0.3, 0.4) is 0 Å². The molecular formula is C28H32N2O3. The summed E-state index contributed by atoms with van der Waals surface area (Å²) in [5.41, 5.74) is 3.82. The third-order valence-electron chi connectivity index (χ3n) is 5.29. The molecule has 0 saturated heterocycles. The zero-order valence-corrected chi connectivity index (χ0v) is 19.7. The number of benzene rings is 3. The number of hydrogen-bond donors (Lipinski definition) is 2. The Labute approximate surface area is 196 Å². The molecule has 5 nitrogen and oxygen atoms in total. The fourth-order valence-electron chi connectivity index (χ4n) is 3.37. The lowest BCUT2D eigenvalue weighted by Crippen LogP contribution is -2.41. The SMILES string of the molecule is Cc1cccc(C(=O)NC(NC(=O)c2cccc(C)c2)c2ccc(OCCC(C)C)cc2)c1. The lowest BCUT2D eigenvalue weighted by molar-refractivity contribution is 0.0883. The van der Waals surface area contributed by atoms with E-state index in [1.165, 1.54) is 0 Å². The van der Waals surface area contributed by atoms with Gasteiger partial charge in [0.25, 0.3) is 11.8 Å². The smallest absolute Gasteiger partial charge is 0.253 e. The first-order chi connectivity index (χ1) is 15.8. The van der Waals surface area contributed by atoms with Crippen LogP contribution < -0.4 is 15.4 Å². The van der Waals surface area contributed by atoms with Crippen molar-refractivity contribution >= 4 is 11.8 Å². The van der Waals surface area contributed by atoms with Crippen LogP contribution in [0.15, 0.2) is 72.8 Å². The van der Waals surface area contributed by atoms with Crippen molar-refractivity contribution in [1.29, 1.82) is 0 Å². The normalized spacial score (nSPS) is 10.8. The molecule has 0 bridgehead atoms. The average molecular weight is 445 g/mol. The van der Waals surface area contributed by atoms with Gasteiger partial charge in [-0.3, -0.25) is 9.59 Å². The maximum atomic E-state index is 12.9. The third kappa shape index (κ3) is 7.21. The Morgan fingerprint density at radius 2 is 1.30 bits per heavy atom. The summed E-state index contributed by atoms with van der Waals surface area (Å²) in [4.78, 5) is 25.9. The van der Waals surface area contributed by atoms with E-state index in [9.17, 15) is 9.59 Å². The molecule has 2 amide bonds. The summed E-state index contributed by atoms with van der Waals surface area (Å²) in [6.45, 7) is 8.84. The number of amides is 2. The van der Waals surface area contributed by atoms with Gasteiger partial charge in [0.05, 0.1) is 6.61 Å². The second-order valence-electron chi connectivity index (χ2n) is 8.72. The van der Waals surface area contributed by atoms with Crippen molar-refractivity contribution in [2.45, 2.75) is 40.3 Å². The predicted octanol–water partition coefficient (Wildman–Crippen LogP) is 5.59. The Hall–Kier alpha value is -3.60. The van der Waals surface area contributed by atoms with E-state index in [1.54, 1.807) is 12.1 Å². The summed E-state index contributed by atoms with van der Waals surface area (Å²) in [7, 11) is 0. The molecule has 0 saturated carbocycles. The maximum absolute atomic E-state index is 12.9. The van der Waals surface area contributed by atoms with E-state index in [1.807, 2.05) is 74.5 Å². The topological polar surface area (TPSA) is 67.4 Å². The third-order valence-corrected chi connectivity index (χ3v) is 5.29. The van der Waals surface area contributed by atoms with Crippen LogP contribution in [-0.4, -0.2) is 18.4 Å². The molecule has 0 radical (unpaired) electrons. The molecule has 3 aromatic rings. The summed E-state index contributed by atoms with van der Waals surface area (Å²) < 4.78 is 5.80. The molecule has 0 aliphatic carbocycles. The molecule has 0 spiro atoms. The van der Waals surface area contributed by atoms with E-state index in [2.05, 4.69) is 24.5 Å². The van der Waals surface area contributed by atoms with Crippen LogP contribution >= 0.6 is 0 Å². The average Bonchev–Trinajstić information content (AvgIpc) is 2.79. The Bertz CT molecular complexity index is 1030. The van der Waals surface area contributed by atoms with Crippen LogP contribution in [0.4, 0.5) is 0 Å². The fraction of sp³-hybridized carbons (Fsp3) is 0.286. The second-order valence-corrected chi connectivity index (χ2v) is 8.72. The van der Waals surface area contributed by atoms with Crippen molar-refractivity contribution in [2.75, 3.05) is 6.61 Å².